The molecule has 0 amide bonds. The van der Waals surface area contributed by atoms with E-state index >= 15 is 0 Å². The average molecular weight is 379 g/mol. The van der Waals surface area contributed by atoms with Crippen molar-refractivity contribution in [1.82, 2.24) is 8.94 Å². The maximum Gasteiger partial charge on any atom is 0.358 e. The zero-order valence-corrected chi connectivity index (χ0v) is 14.7. The molecule has 0 unspecified atom stereocenters. The Morgan fingerprint density at radius 1 is 1.00 bits per heavy atom. The van der Waals surface area contributed by atoms with E-state index in [9.17, 15) is 9.59 Å². The molecule has 0 radical (unpaired) electrons. The molecule has 0 aliphatic carbocycles. The number of benzene rings is 2. The summed E-state index contributed by atoms with van der Waals surface area (Å²) in [5.74, 6) is -0.0981. The molecule has 0 N–H and O–H groups in total. The third-order valence-corrected chi connectivity index (χ3v) is 4.82. The summed E-state index contributed by atoms with van der Waals surface area (Å²) < 4.78 is 1.52. The predicted molar refractivity (Wildman–Crippen MR) is 96.4 cm³/mol. The van der Waals surface area contributed by atoms with E-state index in [0.29, 0.717) is 27.2 Å². The van der Waals surface area contributed by atoms with E-state index in [-0.39, 0.29) is 17.9 Å². The number of Topliss-reactive ketones (excluding diaryl/α,β-unsaturated/α-hetero) is 1. The Morgan fingerprint density at radius 2 is 1.58 bits per heavy atom. The second-order valence-corrected chi connectivity index (χ2v) is 7.12. The second kappa shape index (κ2) is 7.30. The van der Waals surface area contributed by atoms with Crippen LogP contribution in [0.15, 0.2) is 53.3 Å². The summed E-state index contributed by atoms with van der Waals surface area (Å²) in [7, 11) is 0. The van der Waals surface area contributed by atoms with Crippen LogP contribution in [0.3, 0.4) is 0 Å². The molecule has 0 bridgehead atoms. The molecular weight excluding hydrogens is 367 g/mol. The number of nitrogens with zero attached hydrogens (tertiary/aromatic N) is 2. The number of aromatic nitrogens is 2. The smallest absolute Gasteiger partial charge is 0.294 e. The molecule has 122 valence electrons. The largest absolute Gasteiger partial charge is 0.358 e. The standard InChI is InChI=1S/C17H12Cl2N2O2S/c18-13-5-1-11(2-6-13)10-21-17(23)20-16(24-21)9-15(22)12-3-7-14(19)8-4-12/h1-8H,9-10H2. The molecular formula is C17H12Cl2N2O2S. The van der Waals surface area contributed by atoms with E-state index in [1.807, 2.05) is 12.1 Å². The van der Waals surface area contributed by atoms with Crippen LogP contribution < -0.4 is 5.69 Å². The molecule has 0 aliphatic rings. The van der Waals surface area contributed by atoms with Gasteiger partial charge >= 0.3 is 5.69 Å². The summed E-state index contributed by atoms with van der Waals surface area (Å²) in [5.41, 5.74) is 1.14. The van der Waals surface area contributed by atoms with Crippen LogP contribution in [0, 0.1) is 0 Å². The highest BCUT2D eigenvalue weighted by molar-refractivity contribution is 7.06. The van der Waals surface area contributed by atoms with Crippen molar-refractivity contribution in [1.29, 1.82) is 0 Å². The second-order valence-electron chi connectivity index (χ2n) is 5.15. The number of halogens is 2. The van der Waals surface area contributed by atoms with E-state index in [1.165, 1.54) is 15.5 Å². The monoisotopic (exact) mass is 378 g/mol. The van der Waals surface area contributed by atoms with Crippen LogP contribution in [0.25, 0.3) is 0 Å². The van der Waals surface area contributed by atoms with Crippen LogP contribution in [0.1, 0.15) is 20.9 Å². The zero-order valence-electron chi connectivity index (χ0n) is 12.4. The van der Waals surface area contributed by atoms with E-state index in [0.717, 1.165) is 5.56 Å². The van der Waals surface area contributed by atoms with Gasteiger partial charge in [0.05, 0.1) is 13.0 Å². The summed E-state index contributed by atoms with van der Waals surface area (Å²) in [4.78, 5) is 28.2. The van der Waals surface area contributed by atoms with Crippen LogP contribution in [-0.2, 0) is 13.0 Å². The van der Waals surface area contributed by atoms with Crippen LogP contribution in [0.2, 0.25) is 10.0 Å². The molecule has 0 atom stereocenters. The molecule has 1 heterocycles. The van der Waals surface area contributed by atoms with E-state index < -0.39 is 0 Å². The van der Waals surface area contributed by atoms with Crippen molar-refractivity contribution in [3.63, 3.8) is 0 Å². The van der Waals surface area contributed by atoms with Gasteiger partial charge in [0.15, 0.2) is 5.78 Å². The van der Waals surface area contributed by atoms with Gasteiger partial charge in [0.1, 0.15) is 5.01 Å². The van der Waals surface area contributed by atoms with Crippen LogP contribution >= 0.6 is 34.7 Å². The van der Waals surface area contributed by atoms with Gasteiger partial charge in [-0.05, 0) is 53.5 Å². The molecule has 0 fully saturated rings. The average Bonchev–Trinajstić information content (AvgIpc) is 2.89. The van der Waals surface area contributed by atoms with Crippen molar-refractivity contribution in [3.8, 4) is 0 Å². The lowest BCUT2D eigenvalue weighted by Gasteiger charge is -2.00. The highest BCUT2D eigenvalue weighted by Crippen LogP contribution is 2.14. The first-order chi connectivity index (χ1) is 11.5. The third kappa shape index (κ3) is 4.12. The van der Waals surface area contributed by atoms with Gasteiger partial charge in [-0.2, -0.15) is 4.98 Å². The van der Waals surface area contributed by atoms with Gasteiger partial charge in [-0.15, -0.1) is 0 Å². The minimum Gasteiger partial charge on any atom is -0.294 e. The van der Waals surface area contributed by atoms with Crippen molar-refractivity contribution >= 4 is 40.5 Å². The van der Waals surface area contributed by atoms with Gasteiger partial charge in [0.2, 0.25) is 0 Å². The van der Waals surface area contributed by atoms with Gasteiger partial charge < -0.3 is 0 Å². The first kappa shape index (κ1) is 16.9. The minimum absolute atomic E-state index is 0.0924. The van der Waals surface area contributed by atoms with E-state index in [1.54, 1.807) is 36.4 Å². The lowest BCUT2D eigenvalue weighted by Crippen LogP contribution is -2.15. The van der Waals surface area contributed by atoms with Gasteiger partial charge in [0.25, 0.3) is 0 Å². The normalized spacial score (nSPS) is 10.8. The molecule has 24 heavy (non-hydrogen) atoms. The van der Waals surface area contributed by atoms with Crippen LogP contribution in [-0.4, -0.2) is 14.7 Å². The van der Waals surface area contributed by atoms with E-state index in [2.05, 4.69) is 4.98 Å². The lowest BCUT2D eigenvalue weighted by molar-refractivity contribution is 0.0993. The van der Waals surface area contributed by atoms with Crippen molar-refractivity contribution in [2.45, 2.75) is 13.0 Å². The fourth-order valence-electron chi connectivity index (χ4n) is 2.15. The van der Waals surface area contributed by atoms with Gasteiger partial charge in [-0.25, -0.2) is 8.75 Å². The Morgan fingerprint density at radius 3 is 2.21 bits per heavy atom. The fourth-order valence-corrected chi connectivity index (χ4v) is 3.31. The Labute approximate surface area is 152 Å². The molecule has 7 heteroatoms. The quantitative estimate of drug-likeness (QED) is 0.628. The molecule has 3 rings (SSSR count). The van der Waals surface area contributed by atoms with Gasteiger partial charge in [-0.1, -0.05) is 35.3 Å². The van der Waals surface area contributed by atoms with Crippen molar-refractivity contribution in [2.75, 3.05) is 0 Å². The van der Waals surface area contributed by atoms with Gasteiger partial charge in [-0.3, -0.25) is 4.79 Å². The number of ketones is 1. The fraction of sp³-hybridized carbons (Fsp3) is 0.118. The molecule has 4 nitrogen and oxygen atoms in total. The molecule has 0 aliphatic heterocycles. The number of carbonyl (C=O) groups excluding carboxylic acids is 1. The number of carbonyl (C=O) groups is 1. The Bertz CT molecular complexity index is 915. The third-order valence-electron chi connectivity index (χ3n) is 3.37. The predicted octanol–water partition coefficient (Wildman–Crippen LogP) is 4.09. The zero-order chi connectivity index (χ0) is 17.1. The Balaban J connectivity index is 1.74. The lowest BCUT2D eigenvalue weighted by atomic mass is 10.1. The first-order valence-corrected chi connectivity index (χ1v) is 8.64. The number of rotatable bonds is 5. The molecule has 3 aromatic rings. The molecule has 1 aromatic heterocycles. The van der Waals surface area contributed by atoms with Crippen LogP contribution in [0.4, 0.5) is 0 Å². The Hall–Kier alpha value is -1.95. The number of hydrogen-bond acceptors (Lipinski definition) is 4. The summed E-state index contributed by atoms with van der Waals surface area (Å²) in [6.45, 7) is 0.406. The van der Waals surface area contributed by atoms with Gasteiger partial charge in [0, 0.05) is 15.6 Å². The molecule has 0 saturated carbocycles. The summed E-state index contributed by atoms with van der Waals surface area (Å²) in [5, 5.41) is 1.71. The summed E-state index contributed by atoms with van der Waals surface area (Å²) in [6.07, 6.45) is 0.0924. The van der Waals surface area contributed by atoms with Crippen molar-refractivity contribution < 1.29 is 4.79 Å². The molecule has 0 spiro atoms. The summed E-state index contributed by atoms with van der Waals surface area (Å²) in [6, 6.07) is 13.9. The van der Waals surface area contributed by atoms with Crippen LogP contribution in [0.5, 0.6) is 0 Å². The van der Waals surface area contributed by atoms with E-state index in [4.69, 9.17) is 23.2 Å². The van der Waals surface area contributed by atoms with Crippen molar-refractivity contribution in [3.05, 3.63) is 85.2 Å². The maximum absolute atomic E-state index is 12.2. The Kier molecular flexibility index (Phi) is 5.14. The molecule has 2 aromatic carbocycles. The highest BCUT2D eigenvalue weighted by atomic mass is 35.5. The maximum atomic E-state index is 12.2. The topological polar surface area (TPSA) is 52.0 Å². The highest BCUT2D eigenvalue weighted by Gasteiger charge is 2.13. The molecule has 0 saturated heterocycles. The minimum atomic E-state index is -0.353. The number of hydrogen-bond donors (Lipinski definition) is 0. The first-order valence-electron chi connectivity index (χ1n) is 7.11. The summed E-state index contributed by atoms with van der Waals surface area (Å²) >= 11 is 12.9. The van der Waals surface area contributed by atoms with Crippen molar-refractivity contribution in [2.24, 2.45) is 0 Å². The SMILES string of the molecule is O=C(Cc1nc(=O)n(Cc2ccc(Cl)cc2)s1)c1ccc(Cl)cc1.